The fraction of sp³-hybridized carbons (Fsp3) is 0.312. The number of nitriles is 1. The van der Waals surface area contributed by atoms with Crippen LogP contribution in [0.5, 0.6) is 0 Å². The van der Waals surface area contributed by atoms with E-state index in [0.717, 1.165) is 5.69 Å². The van der Waals surface area contributed by atoms with Crippen molar-refractivity contribution in [3.8, 4) is 6.07 Å². The molecule has 1 atom stereocenters. The number of carbonyl (C=O) groups excluding carboxylic acids is 2. The predicted octanol–water partition coefficient (Wildman–Crippen LogP) is 2.22. The molecule has 1 spiro atoms. The number of rotatable bonds is 1. The van der Waals surface area contributed by atoms with Gasteiger partial charge >= 0.3 is 0 Å². The van der Waals surface area contributed by atoms with Crippen LogP contribution in [-0.2, 0) is 9.59 Å². The topological polar surface area (TPSA) is 61.2 Å². The smallest absolute Gasteiger partial charge is 0.237 e. The Kier molecular flexibility index (Phi) is 2.90. The van der Waals surface area contributed by atoms with Crippen LogP contribution < -0.4 is 4.90 Å². The van der Waals surface area contributed by atoms with Crippen LogP contribution in [0.4, 0.5) is 5.69 Å². The number of carbonyl (C=O) groups is 2. The second-order valence-electron chi connectivity index (χ2n) is 5.29. The van der Waals surface area contributed by atoms with Gasteiger partial charge in [0.25, 0.3) is 0 Å². The zero-order valence-electron chi connectivity index (χ0n) is 11.0. The Hall–Kier alpha value is -2.41. The summed E-state index contributed by atoms with van der Waals surface area (Å²) in [6, 6.07) is 11.4. The Labute approximate surface area is 117 Å². The highest BCUT2D eigenvalue weighted by atomic mass is 16.2. The zero-order chi connectivity index (χ0) is 14.2. The summed E-state index contributed by atoms with van der Waals surface area (Å²) in [5.74, 6) is -0.145. The third-order valence-corrected chi connectivity index (χ3v) is 4.16. The molecule has 1 fully saturated rings. The maximum absolute atomic E-state index is 12.7. The summed E-state index contributed by atoms with van der Waals surface area (Å²) >= 11 is 0. The molecule has 100 valence electrons. The highest BCUT2D eigenvalue weighted by Crippen LogP contribution is 2.43. The summed E-state index contributed by atoms with van der Waals surface area (Å²) in [6.45, 7) is 0.631. The molecule has 0 N–H and O–H groups in total. The van der Waals surface area contributed by atoms with Gasteiger partial charge < -0.3 is 4.90 Å². The van der Waals surface area contributed by atoms with E-state index in [0.29, 0.717) is 19.4 Å². The van der Waals surface area contributed by atoms with E-state index >= 15 is 0 Å². The van der Waals surface area contributed by atoms with Crippen molar-refractivity contribution in [2.75, 3.05) is 11.4 Å². The summed E-state index contributed by atoms with van der Waals surface area (Å²) in [5.41, 5.74) is 0.354. The van der Waals surface area contributed by atoms with E-state index in [4.69, 9.17) is 5.26 Å². The van der Waals surface area contributed by atoms with Gasteiger partial charge in [0.1, 0.15) is 6.07 Å². The minimum absolute atomic E-state index is 0.00366. The molecule has 3 rings (SSSR count). The molecule has 20 heavy (non-hydrogen) atoms. The Bertz CT molecular complexity index is 642. The van der Waals surface area contributed by atoms with Crippen molar-refractivity contribution >= 4 is 17.4 Å². The number of anilines is 1. The number of para-hydroxylation sites is 1. The number of nitrogens with zero attached hydrogens (tertiary/aromatic N) is 2. The second-order valence-corrected chi connectivity index (χ2v) is 5.29. The number of benzene rings is 1. The van der Waals surface area contributed by atoms with Gasteiger partial charge in [0.15, 0.2) is 5.78 Å². The molecule has 1 saturated heterocycles. The van der Waals surface area contributed by atoms with E-state index < -0.39 is 5.41 Å². The van der Waals surface area contributed by atoms with Crippen LogP contribution in [0.25, 0.3) is 0 Å². The van der Waals surface area contributed by atoms with Gasteiger partial charge in [-0.2, -0.15) is 5.26 Å². The summed E-state index contributed by atoms with van der Waals surface area (Å²) < 4.78 is 0. The molecule has 1 unspecified atom stereocenters. The SMILES string of the molecule is N#CC1=CC2(CCC1=O)CCN(c1ccccc1)C2=O. The minimum Gasteiger partial charge on any atom is -0.312 e. The second kappa shape index (κ2) is 4.61. The van der Waals surface area contributed by atoms with Gasteiger partial charge in [-0.3, -0.25) is 9.59 Å². The fourth-order valence-corrected chi connectivity index (χ4v) is 3.00. The molecule has 1 aromatic carbocycles. The number of amides is 1. The number of ketones is 1. The van der Waals surface area contributed by atoms with Crippen molar-refractivity contribution in [3.05, 3.63) is 42.0 Å². The van der Waals surface area contributed by atoms with Crippen molar-refractivity contribution in [3.63, 3.8) is 0 Å². The molecule has 0 bridgehead atoms. The van der Waals surface area contributed by atoms with E-state index in [2.05, 4.69) is 0 Å². The maximum atomic E-state index is 12.7. The van der Waals surface area contributed by atoms with Crippen molar-refractivity contribution in [1.82, 2.24) is 0 Å². The summed E-state index contributed by atoms with van der Waals surface area (Å²) in [5, 5.41) is 9.01. The lowest BCUT2D eigenvalue weighted by Gasteiger charge is -2.27. The average Bonchev–Trinajstić information content (AvgIpc) is 2.80. The summed E-state index contributed by atoms with van der Waals surface area (Å²) in [7, 11) is 0. The lowest BCUT2D eigenvalue weighted by molar-refractivity contribution is -0.125. The molecule has 0 radical (unpaired) electrons. The average molecular weight is 266 g/mol. The molecule has 0 aromatic heterocycles. The maximum Gasteiger partial charge on any atom is 0.237 e. The Morgan fingerprint density at radius 1 is 1.15 bits per heavy atom. The van der Waals surface area contributed by atoms with Crippen LogP contribution in [-0.4, -0.2) is 18.2 Å². The van der Waals surface area contributed by atoms with Crippen LogP contribution in [0.3, 0.4) is 0 Å². The Morgan fingerprint density at radius 2 is 1.90 bits per heavy atom. The number of Topliss-reactive ketones (excluding diaryl/α,β-unsaturated/α-hetero) is 1. The molecule has 4 heteroatoms. The molecular weight excluding hydrogens is 252 g/mol. The highest BCUT2D eigenvalue weighted by Gasteiger charge is 2.48. The van der Waals surface area contributed by atoms with Gasteiger partial charge in [0, 0.05) is 18.7 Å². The largest absolute Gasteiger partial charge is 0.312 e. The van der Waals surface area contributed by atoms with Crippen molar-refractivity contribution in [2.24, 2.45) is 5.41 Å². The molecule has 0 saturated carbocycles. The van der Waals surface area contributed by atoms with Crippen molar-refractivity contribution in [2.45, 2.75) is 19.3 Å². The zero-order valence-corrected chi connectivity index (χ0v) is 11.0. The molecule has 1 aromatic rings. The first-order valence-corrected chi connectivity index (χ1v) is 6.69. The monoisotopic (exact) mass is 266 g/mol. The van der Waals surface area contributed by atoms with Gasteiger partial charge in [-0.05, 0) is 31.1 Å². The van der Waals surface area contributed by atoms with E-state index in [-0.39, 0.29) is 23.7 Å². The van der Waals surface area contributed by atoms with Crippen LogP contribution in [0.1, 0.15) is 19.3 Å². The Morgan fingerprint density at radius 3 is 2.60 bits per heavy atom. The molecule has 1 amide bonds. The van der Waals surface area contributed by atoms with Gasteiger partial charge in [0.05, 0.1) is 11.0 Å². The lowest BCUT2D eigenvalue weighted by atomic mass is 9.75. The van der Waals surface area contributed by atoms with Gasteiger partial charge in [-0.1, -0.05) is 18.2 Å². The normalized spacial score (nSPS) is 25.8. The van der Waals surface area contributed by atoms with E-state index in [9.17, 15) is 9.59 Å². The van der Waals surface area contributed by atoms with Crippen LogP contribution in [0.15, 0.2) is 42.0 Å². The standard InChI is InChI=1S/C16H14N2O2/c17-11-12-10-16(7-6-14(12)19)8-9-18(15(16)20)13-4-2-1-3-5-13/h1-5,10H,6-9H2. The molecule has 1 aliphatic carbocycles. The van der Waals surface area contributed by atoms with Crippen LogP contribution >= 0.6 is 0 Å². The summed E-state index contributed by atoms with van der Waals surface area (Å²) in [4.78, 5) is 26.1. The first-order chi connectivity index (χ1) is 9.66. The third kappa shape index (κ3) is 1.83. The molecule has 4 nitrogen and oxygen atoms in total. The summed E-state index contributed by atoms with van der Waals surface area (Å²) in [6.07, 6.45) is 3.07. The van der Waals surface area contributed by atoms with E-state index in [1.807, 2.05) is 36.4 Å². The highest BCUT2D eigenvalue weighted by molar-refractivity contribution is 6.06. The quantitative estimate of drug-likeness (QED) is 0.783. The predicted molar refractivity (Wildman–Crippen MR) is 73.8 cm³/mol. The van der Waals surface area contributed by atoms with E-state index in [1.54, 1.807) is 11.0 Å². The first-order valence-electron chi connectivity index (χ1n) is 6.69. The van der Waals surface area contributed by atoms with Gasteiger partial charge in [0.2, 0.25) is 5.91 Å². The van der Waals surface area contributed by atoms with Gasteiger partial charge in [-0.15, -0.1) is 0 Å². The number of hydrogen-bond acceptors (Lipinski definition) is 3. The van der Waals surface area contributed by atoms with E-state index in [1.165, 1.54) is 0 Å². The van der Waals surface area contributed by atoms with Gasteiger partial charge in [-0.25, -0.2) is 0 Å². The molecule has 2 aliphatic rings. The lowest BCUT2D eigenvalue weighted by Crippen LogP contribution is -2.36. The number of hydrogen-bond donors (Lipinski definition) is 0. The van der Waals surface area contributed by atoms with Crippen LogP contribution in [0, 0.1) is 16.7 Å². The van der Waals surface area contributed by atoms with Crippen LogP contribution in [0.2, 0.25) is 0 Å². The molecule has 1 aliphatic heterocycles. The third-order valence-electron chi connectivity index (χ3n) is 4.16. The molecule has 1 heterocycles. The first kappa shape index (κ1) is 12.6. The molecular formula is C16H14N2O2. The van der Waals surface area contributed by atoms with Crippen molar-refractivity contribution < 1.29 is 9.59 Å². The number of allylic oxidation sites excluding steroid dienone is 1. The van der Waals surface area contributed by atoms with Crippen molar-refractivity contribution in [1.29, 1.82) is 5.26 Å². The Balaban J connectivity index is 1.95. The fourth-order valence-electron chi connectivity index (χ4n) is 3.00. The minimum atomic E-state index is -0.658.